The third-order valence-corrected chi connectivity index (χ3v) is 3.87. The maximum absolute atomic E-state index is 11.9. The molecule has 1 saturated carbocycles. The predicted octanol–water partition coefficient (Wildman–Crippen LogP) is 3.26. The molecule has 122 valence electrons. The highest BCUT2D eigenvalue weighted by atomic mass is 16.5. The van der Waals surface area contributed by atoms with E-state index in [2.05, 4.69) is 31.3 Å². The van der Waals surface area contributed by atoms with Crippen molar-refractivity contribution in [2.24, 2.45) is 16.4 Å². The Balaban J connectivity index is 1.88. The third-order valence-electron chi connectivity index (χ3n) is 3.87. The molecular formula is C18H23N3O2. The summed E-state index contributed by atoms with van der Waals surface area (Å²) in [5, 5.41) is 13.2. The lowest BCUT2D eigenvalue weighted by Gasteiger charge is -2.34. The first-order valence-electron chi connectivity index (χ1n) is 7.86. The molecule has 5 heteroatoms. The zero-order chi connectivity index (χ0) is 16.9. The van der Waals surface area contributed by atoms with E-state index in [1.54, 1.807) is 24.3 Å². The lowest BCUT2D eigenvalue weighted by molar-refractivity contribution is -0.123. The lowest BCUT2D eigenvalue weighted by atomic mass is 9.72. The molecule has 1 N–H and O–H groups in total. The van der Waals surface area contributed by atoms with E-state index in [1.807, 2.05) is 6.07 Å². The minimum atomic E-state index is -0.318. The summed E-state index contributed by atoms with van der Waals surface area (Å²) < 4.78 is 5.39. The summed E-state index contributed by atoms with van der Waals surface area (Å²) in [6, 6.07) is 8.87. The Morgan fingerprint density at radius 3 is 2.91 bits per heavy atom. The van der Waals surface area contributed by atoms with Crippen LogP contribution in [0.4, 0.5) is 0 Å². The van der Waals surface area contributed by atoms with Crippen LogP contribution in [0.1, 0.15) is 45.6 Å². The van der Waals surface area contributed by atoms with Crippen LogP contribution in [-0.2, 0) is 4.79 Å². The van der Waals surface area contributed by atoms with Crippen LogP contribution < -0.4 is 10.2 Å². The molecule has 1 atom stereocenters. The molecule has 1 amide bonds. The summed E-state index contributed by atoms with van der Waals surface area (Å²) in [5.74, 6) is 0.666. The van der Waals surface area contributed by atoms with E-state index in [1.165, 1.54) is 6.42 Å². The fourth-order valence-electron chi connectivity index (χ4n) is 3.20. The molecule has 1 aromatic carbocycles. The Bertz CT molecular complexity index is 644. The van der Waals surface area contributed by atoms with E-state index >= 15 is 0 Å². The molecule has 23 heavy (non-hydrogen) atoms. The Morgan fingerprint density at radius 2 is 2.22 bits per heavy atom. The van der Waals surface area contributed by atoms with Crippen LogP contribution >= 0.6 is 0 Å². The lowest BCUT2D eigenvalue weighted by Crippen LogP contribution is -2.31. The summed E-state index contributed by atoms with van der Waals surface area (Å²) in [6.45, 7) is 6.50. The first kappa shape index (κ1) is 17.0. The third kappa shape index (κ3) is 5.10. The highest BCUT2D eigenvalue weighted by Gasteiger charge is 2.29. The maximum Gasteiger partial charge on any atom is 0.277 e. The largest absolute Gasteiger partial charge is 0.482 e. The number of nitrogens with zero attached hydrogens (tertiary/aromatic N) is 2. The number of hydrogen-bond acceptors (Lipinski definition) is 4. The average Bonchev–Trinajstić information content (AvgIpc) is 2.49. The molecule has 1 aliphatic rings. The Labute approximate surface area is 137 Å². The first-order chi connectivity index (χ1) is 10.9. The van der Waals surface area contributed by atoms with Crippen LogP contribution in [0.2, 0.25) is 0 Å². The zero-order valence-electron chi connectivity index (χ0n) is 13.9. The summed E-state index contributed by atoms with van der Waals surface area (Å²) in [5.41, 5.74) is 4.22. The molecule has 0 saturated heterocycles. The fraction of sp³-hybridized carbons (Fsp3) is 0.500. The highest BCUT2D eigenvalue weighted by molar-refractivity contribution is 5.87. The second-order valence-corrected chi connectivity index (χ2v) is 6.96. The molecule has 2 rings (SSSR count). The Morgan fingerprint density at radius 1 is 1.48 bits per heavy atom. The average molecular weight is 313 g/mol. The maximum atomic E-state index is 11.9. The second kappa shape index (κ2) is 7.28. The van der Waals surface area contributed by atoms with Crippen molar-refractivity contribution in [1.29, 1.82) is 5.26 Å². The van der Waals surface area contributed by atoms with Crippen molar-refractivity contribution in [1.82, 2.24) is 5.43 Å². The topological polar surface area (TPSA) is 74.5 Å². The van der Waals surface area contributed by atoms with E-state index in [0.29, 0.717) is 17.2 Å². The van der Waals surface area contributed by atoms with Crippen LogP contribution in [0, 0.1) is 22.7 Å². The molecule has 0 unspecified atom stereocenters. The van der Waals surface area contributed by atoms with Crippen molar-refractivity contribution in [3.8, 4) is 11.8 Å². The number of hydrazone groups is 1. The number of para-hydroxylation sites is 1. The minimum Gasteiger partial charge on any atom is -0.482 e. The van der Waals surface area contributed by atoms with Crippen molar-refractivity contribution in [3.63, 3.8) is 0 Å². The number of carbonyl (C=O) groups excluding carboxylic acids is 1. The molecule has 0 radical (unpaired) electrons. The van der Waals surface area contributed by atoms with E-state index in [-0.39, 0.29) is 17.9 Å². The molecule has 1 aliphatic carbocycles. The van der Waals surface area contributed by atoms with Crippen molar-refractivity contribution >= 4 is 11.6 Å². The van der Waals surface area contributed by atoms with Gasteiger partial charge in [-0.25, -0.2) is 5.43 Å². The monoisotopic (exact) mass is 313 g/mol. The number of ether oxygens (including phenoxy) is 1. The van der Waals surface area contributed by atoms with Crippen LogP contribution in [0.15, 0.2) is 29.4 Å². The van der Waals surface area contributed by atoms with E-state index in [4.69, 9.17) is 10.00 Å². The summed E-state index contributed by atoms with van der Waals surface area (Å²) in [7, 11) is 0. The first-order valence-corrected chi connectivity index (χ1v) is 7.86. The standard InChI is InChI=1S/C18H23N3O2/c1-13-8-15(10-18(2,3)9-13)20-21-17(22)12-23-16-7-5-4-6-14(16)11-19/h4-7,13H,8-10,12H2,1-3H3,(H,21,22)/b20-15-/t13-/m0/s1. The SMILES string of the molecule is C[C@H]1C/C(=N/NC(=O)COc2ccccc2C#N)CC(C)(C)C1. The molecule has 0 aliphatic heterocycles. The number of rotatable bonds is 4. The minimum absolute atomic E-state index is 0.158. The quantitative estimate of drug-likeness (QED) is 0.867. The molecule has 5 nitrogen and oxygen atoms in total. The van der Waals surface area contributed by atoms with Gasteiger partial charge in [0.25, 0.3) is 5.91 Å². The van der Waals surface area contributed by atoms with Gasteiger partial charge in [-0.1, -0.05) is 32.9 Å². The summed E-state index contributed by atoms with van der Waals surface area (Å²) in [6.07, 6.45) is 2.99. The number of hydrogen-bond donors (Lipinski definition) is 1. The number of nitrogens with one attached hydrogen (secondary N) is 1. The number of benzene rings is 1. The van der Waals surface area contributed by atoms with Crippen molar-refractivity contribution < 1.29 is 9.53 Å². The van der Waals surface area contributed by atoms with Crippen LogP contribution in [0.25, 0.3) is 0 Å². The van der Waals surface area contributed by atoms with Gasteiger partial charge < -0.3 is 4.74 Å². The van der Waals surface area contributed by atoms with Gasteiger partial charge in [0.15, 0.2) is 6.61 Å². The zero-order valence-corrected chi connectivity index (χ0v) is 13.9. The van der Waals surface area contributed by atoms with Gasteiger partial charge in [0.2, 0.25) is 0 Å². The van der Waals surface area contributed by atoms with Crippen molar-refractivity contribution in [3.05, 3.63) is 29.8 Å². The molecular weight excluding hydrogens is 290 g/mol. The summed E-state index contributed by atoms with van der Waals surface area (Å²) in [4.78, 5) is 11.9. The smallest absolute Gasteiger partial charge is 0.277 e. The van der Waals surface area contributed by atoms with E-state index in [0.717, 1.165) is 18.6 Å². The van der Waals surface area contributed by atoms with Gasteiger partial charge in [0.1, 0.15) is 11.8 Å². The van der Waals surface area contributed by atoms with Gasteiger partial charge in [0.05, 0.1) is 5.56 Å². The molecule has 1 aromatic rings. The normalized spacial score (nSPS) is 21.5. The van der Waals surface area contributed by atoms with Gasteiger partial charge in [-0.3, -0.25) is 4.79 Å². The molecule has 0 heterocycles. The van der Waals surface area contributed by atoms with Gasteiger partial charge in [-0.2, -0.15) is 10.4 Å². The van der Waals surface area contributed by atoms with Crippen molar-refractivity contribution in [2.45, 2.75) is 40.0 Å². The fourth-order valence-corrected chi connectivity index (χ4v) is 3.20. The van der Waals surface area contributed by atoms with E-state index in [9.17, 15) is 4.79 Å². The summed E-state index contributed by atoms with van der Waals surface area (Å²) >= 11 is 0. The van der Waals surface area contributed by atoms with Gasteiger partial charge in [-0.15, -0.1) is 0 Å². The van der Waals surface area contributed by atoms with Gasteiger partial charge >= 0.3 is 0 Å². The van der Waals surface area contributed by atoms with Crippen molar-refractivity contribution in [2.75, 3.05) is 6.61 Å². The van der Waals surface area contributed by atoms with E-state index < -0.39 is 0 Å². The van der Waals surface area contributed by atoms with Crippen LogP contribution in [0.5, 0.6) is 5.75 Å². The van der Waals surface area contributed by atoms with Gasteiger partial charge in [0, 0.05) is 5.71 Å². The van der Waals surface area contributed by atoms with Gasteiger partial charge in [-0.05, 0) is 42.7 Å². The number of carbonyl (C=O) groups is 1. The number of nitriles is 1. The molecule has 0 bridgehead atoms. The molecule has 1 fully saturated rings. The highest BCUT2D eigenvalue weighted by Crippen LogP contribution is 2.36. The molecule has 0 spiro atoms. The second-order valence-electron chi connectivity index (χ2n) is 6.96. The Kier molecular flexibility index (Phi) is 5.38. The molecule has 0 aromatic heterocycles. The number of amides is 1. The Hall–Kier alpha value is -2.35. The van der Waals surface area contributed by atoms with Crippen LogP contribution in [-0.4, -0.2) is 18.2 Å². The predicted molar refractivity (Wildman–Crippen MR) is 89.0 cm³/mol. The van der Waals surface area contributed by atoms with Crippen LogP contribution in [0.3, 0.4) is 0 Å².